The summed E-state index contributed by atoms with van der Waals surface area (Å²) in [7, 11) is -3.43. The molecule has 1 rings (SSSR count). The van der Waals surface area contributed by atoms with E-state index in [9.17, 15) is 8.42 Å². The van der Waals surface area contributed by atoms with E-state index in [1.807, 2.05) is 4.90 Å². The Kier molecular flexibility index (Phi) is 2.51. The second-order valence-corrected chi connectivity index (χ2v) is 4.07. The van der Waals surface area contributed by atoms with E-state index < -0.39 is 10.0 Å². The summed E-state index contributed by atoms with van der Waals surface area (Å²) in [6.45, 7) is 1.87. The number of sulfonamides is 1. The first-order valence-corrected chi connectivity index (χ1v) is 5.14. The Morgan fingerprint density at radius 2 is 1.82 bits per heavy atom. The highest BCUT2D eigenvalue weighted by Gasteiger charge is 2.06. The first-order valence-electron chi connectivity index (χ1n) is 3.53. The zero-order chi connectivity index (χ0) is 8.32. The molecule has 0 aromatic heterocycles. The Morgan fingerprint density at radius 1 is 1.27 bits per heavy atom. The molecule has 0 unspecified atom stereocenters. The van der Waals surface area contributed by atoms with Crippen LogP contribution >= 0.6 is 0 Å². The van der Waals surface area contributed by atoms with E-state index in [0.717, 1.165) is 31.3 Å². The average molecular weight is 176 g/mol. The van der Waals surface area contributed by atoms with Crippen LogP contribution in [-0.4, -0.2) is 26.4 Å². The van der Waals surface area contributed by atoms with Gasteiger partial charge in [-0.2, -0.15) is 0 Å². The molecule has 1 heterocycles. The van der Waals surface area contributed by atoms with Crippen molar-refractivity contribution in [1.29, 1.82) is 0 Å². The summed E-state index contributed by atoms with van der Waals surface area (Å²) in [6.07, 6.45) is 3.81. The largest absolute Gasteiger partial charge is 0.377 e. The van der Waals surface area contributed by atoms with Gasteiger partial charge in [-0.05, 0) is 12.8 Å². The molecule has 0 radical (unpaired) electrons. The van der Waals surface area contributed by atoms with Gasteiger partial charge in [0.1, 0.15) is 0 Å². The lowest BCUT2D eigenvalue weighted by atomic mass is 10.4. The molecule has 1 aliphatic rings. The highest BCUT2D eigenvalue weighted by Crippen LogP contribution is 2.07. The maximum atomic E-state index is 10.5. The smallest absolute Gasteiger partial charge is 0.232 e. The van der Waals surface area contributed by atoms with Crippen molar-refractivity contribution in [3.63, 3.8) is 0 Å². The van der Waals surface area contributed by atoms with Crippen molar-refractivity contribution in [3.05, 3.63) is 11.6 Å². The van der Waals surface area contributed by atoms with E-state index in [1.54, 1.807) is 6.20 Å². The number of hydrogen-bond donors (Lipinski definition) is 1. The zero-order valence-corrected chi connectivity index (χ0v) is 7.05. The maximum Gasteiger partial charge on any atom is 0.232 e. The maximum absolute atomic E-state index is 10.5. The van der Waals surface area contributed by atoms with Crippen LogP contribution in [0.2, 0.25) is 0 Å². The van der Waals surface area contributed by atoms with Crippen LogP contribution in [0.3, 0.4) is 0 Å². The van der Waals surface area contributed by atoms with Gasteiger partial charge in [-0.25, -0.2) is 13.6 Å². The van der Waals surface area contributed by atoms with Crippen LogP contribution in [0.4, 0.5) is 0 Å². The van der Waals surface area contributed by atoms with Gasteiger partial charge in [-0.1, -0.05) is 0 Å². The summed E-state index contributed by atoms with van der Waals surface area (Å²) in [6, 6.07) is 0. The van der Waals surface area contributed by atoms with E-state index >= 15 is 0 Å². The Balaban J connectivity index is 2.47. The van der Waals surface area contributed by atoms with Gasteiger partial charge >= 0.3 is 0 Å². The molecular formula is C6H12N2O2S. The Morgan fingerprint density at radius 3 is 2.27 bits per heavy atom. The number of primary sulfonamides is 1. The van der Waals surface area contributed by atoms with Gasteiger partial charge < -0.3 is 4.90 Å². The first-order chi connectivity index (χ1) is 5.08. The number of nitrogens with two attached hydrogens (primary N) is 1. The van der Waals surface area contributed by atoms with Gasteiger partial charge in [0.2, 0.25) is 10.0 Å². The minimum atomic E-state index is -3.43. The highest BCUT2D eigenvalue weighted by molar-refractivity contribution is 7.92. The summed E-state index contributed by atoms with van der Waals surface area (Å²) in [5, 5.41) is 5.81. The minimum absolute atomic E-state index is 0.937. The zero-order valence-electron chi connectivity index (χ0n) is 6.23. The predicted octanol–water partition coefficient (Wildman–Crippen LogP) is -0.158. The van der Waals surface area contributed by atoms with Gasteiger partial charge in [0, 0.05) is 19.3 Å². The van der Waals surface area contributed by atoms with Crippen LogP contribution in [0.5, 0.6) is 0 Å². The molecular weight excluding hydrogens is 164 g/mol. The van der Waals surface area contributed by atoms with Gasteiger partial charge in [-0.3, -0.25) is 0 Å². The Labute approximate surface area is 66.7 Å². The van der Waals surface area contributed by atoms with Crippen molar-refractivity contribution >= 4 is 10.0 Å². The van der Waals surface area contributed by atoms with Crippen molar-refractivity contribution in [3.8, 4) is 0 Å². The lowest BCUT2D eigenvalue weighted by molar-refractivity contribution is 0.468. The summed E-state index contributed by atoms with van der Waals surface area (Å²) >= 11 is 0. The molecule has 0 aromatic rings. The fourth-order valence-electron chi connectivity index (χ4n) is 1.06. The quantitative estimate of drug-likeness (QED) is 0.636. The topological polar surface area (TPSA) is 63.4 Å². The summed E-state index contributed by atoms with van der Waals surface area (Å²) < 4.78 is 20.9. The summed E-state index contributed by atoms with van der Waals surface area (Å²) in [5.74, 6) is 0. The molecule has 64 valence electrons. The van der Waals surface area contributed by atoms with Crippen LogP contribution in [0.15, 0.2) is 11.6 Å². The number of likely N-dealkylation sites (tertiary alicyclic amines) is 1. The van der Waals surface area contributed by atoms with Gasteiger partial charge in [-0.15, -0.1) is 0 Å². The Bertz CT molecular complexity index is 239. The van der Waals surface area contributed by atoms with Gasteiger partial charge in [0.15, 0.2) is 0 Å². The molecule has 1 fully saturated rings. The number of nitrogens with zero attached hydrogens (tertiary/aromatic N) is 1. The molecule has 0 atom stereocenters. The molecule has 0 aliphatic carbocycles. The number of rotatable bonds is 2. The predicted molar refractivity (Wildman–Crippen MR) is 43.1 cm³/mol. The fourth-order valence-corrected chi connectivity index (χ4v) is 1.40. The SMILES string of the molecule is NS(=O)(=O)/C=C/N1CCCC1. The van der Waals surface area contributed by atoms with Crippen molar-refractivity contribution < 1.29 is 8.42 Å². The molecule has 0 spiro atoms. The molecule has 0 aromatic carbocycles. The van der Waals surface area contributed by atoms with E-state index in [-0.39, 0.29) is 0 Å². The van der Waals surface area contributed by atoms with Crippen molar-refractivity contribution in [2.24, 2.45) is 5.14 Å². The Hall–Kier alpha value is -0.550. The second-order valence-electron chi connectivity index (χ2n) is 2.62. The standard InChI is InChI=1S/C6H12N2O2S/c7-11(9,10)6-5-8-3-1-2-4-8/h5-6H,1-4H2,(H2,7,9,10)/b6-5+. The highest BCUT2D eigenvalue weighted by atomic mass is 32.2. The van der Waals surface area contributed by atoms with E-state index in [1.165, 1.54) is 0 Å². The normalized spacial score (nSPS) is 19.9. The van der Waals surface area contributed by atoms with Crippen molar-refractivity contribution in [2.75, 3.05) is 13.1 Å². The summed E-state index contributed by atoms with van der Waals surface area (Å²) in [5.41, 5.74) is 0. The van der Waals surface area contributed by atoms with Crippen LogP contribution < -0.4 is 5.14 Å². The van der Waals surface area contributed by atoms with Crippen LogP contribution in [0.25, 0.3) is 0 Å². The first kappa shape index (κ1) is 8.55. The third kappa shape index (κ3) is 3.38. The van der Waals surface area contributed by atoms with Gasteiger partial charge in [0.05, 0.1) is 5.41 Å². The van der Waals surface area contributed by atoms with Crippen LogP contribution in [-0.2, 0) is 10.0 Å². The lowest BCUT2D eigenvalue weighted by Gasteiger charge is -2.08. The fraction of sp³-hybridized carbons (Fsp3) is 0.667. The molecule has 0 amide bonds. The van der Waals surface area contributed by atoms with Gasteiger partial charge in [0.25, 0.3) is 0 Å². The monoisotopic (exact) mass is 176 g/mol. The molecule has 1 saturated heterocycles. The van der Waals surface area contributed by atoms with E-state index in [4.69, 9.17) is 5.14 Å². The molecule has 11 heavy (non-hydrogen) atoms. The second kappa shape index (κ2) is 3.23. The van der Waals surface area contributed by atoms with E-state index in [0.29, 0.717) is 0 Å². The average Bonchev–Trinajstić information content (AvgIpc) is 2.32. The number of hydrogen-bond acceptors (Lipinski definition) is 3. The molecule has 2 N–H and O–H groups in total. The third-order valence-corrected chi connectivity index (χ3v) is 2.10. The van der Waals surface area contributed by atoms with E-state index in [2.05, 4.69) is 0 Å². The molecule has 0 saturated carbocycles. The third-order valence-electron chi connectivity index (χ3n) is 1.60. The van der Waals surface area contributed by atoms with Crippen LogP contribution in [0.1, 0.15) is 12.8 Å². The van der Waals surface area contributed by atoms with Crippen LogP contribution in [0, 0.1) is 0 Å². The lowest BCUT2D eigenvalue weighted by Crippen LogP contribution is -2.14. The molecule has 0 bridgehead atoms. The summed E-state index contributed by atoms with van der Waals surface area (Å²) in [4.78, 5) is 1.95. The molecule has 1 aliphatic heterocycles. The van der Waals surface area contributed by atoms with Crippen molar-refractivity contribution in [2.45, 2.75) is 12.8 Å². The van der Waals surface area contributed by atoms with Crippen molar-refractivity contribution in [1.82, 2.24) is 4.90 Å². The molecule has 5 heteroatoms. The minimum Gasteiger partial charge on any atom is -0.377 e. The molecule has 4 nitrogen and oxygen atoms in total.